The zero-order chi connectivity index (χ0) is 8.97. The zero-order valence-electron chi connectivity index (χ0n) is 7.40. The summed E-state index contributed by atoms with van der Waals surface area (Å²) in [6.45, 7) is 4.12. The van der Waals surface area contributed by atoms with Crippen LogP contribution in [0.5, 0.6) is 0 Å². The van der Waals surface area contributed by atoms with Crippen LogP contribution in [0.25, 0.3) is 0 Å². The second-order valence-corrected chi connectivity index (χ2v) is 3.09. The second-order valence-electron chi connectivity index (χ2n) is 3.09. The predicted molar refractivity (Wildman–Crippen MR) is 47.2 cm³/mol. The van der Waals surface area contributed by atoms with Crippen LogP contribution in [0.1, 0.15) is 25.5 Å². The Balaban J connectivity index is 2.80. The molecule has 1 rings (SSSR count). The average molecular weight is 163 g/mol. The van der Waals surface area contributed by atoms with E-state index in [1.807, 2.05) is 12.1 Å². The molecule has 0 amide bonds. The molecule has 1 heterocycles. The lowest BCUT2D eigenvalue weighted by molar-refractivity contribution is 0.0954. The molecule has 2 heteroatoms. The third kappa shape index (κ3) is 2.05. The van der Waals surface area contributed by atoms with E-state index in [2.05, 4.69) is 18.8 Å². The molecule has 1 aromatic heterocycles. The summed E-state index contributed by atoms with van der Waals surface area (Å²) in [5.41, 5.74) is 1.02. The molecular weight excluding hydrogens is 150 g/mol. The Kier molecular flexibility index (Phi) is 3.23. The molecule has 0 aliphatic heterocycles. The molecule has 2 nitrogen and oxygen atoms in total. The molecule has 1 aromatic rings. The highest BCUT2D eigenvalue weighted by molar-refractivity contribution is 5.12. The van der Waals surface area contributed by atoms with Gasteiger partial charge in [0.15, 0.2) is 0 Å². The topological polar surface area (TPSA) is 22.1 Å². The first kappa shape index (κ1) is 9.20. The van der Waals surface area contributed by atoms with E-state index in [0.717, 1.165) is 5.56 Å². The number of pyridine rings is 1. The van der Waals surface area contributed by atoms with Crippen molar-refractivity contribution in [2.24, 2.45) is 5.92 Å². The maximum atomic E-state index is 5.18. The molecule has 2 radical (unpaired) electrons. The van der Waals surface area contributed by atoms with Crippen LogP contribution in [-0.2, 0) is 4.74 Å². The number of rotatable bonds is 3. The fourth-order valence-corrected chi connectivity index (χ4v) is 1.16. The molecule has 0 aromatic carbocycles. The van der Waals surface area contributed by atoms with E-state index in [0.29, 0.717) is 5.92 Å². The summed E-state index contributed by atoms with van der Waals surface area (Å²) in [6, 6.07) is 3.84. The lowest BCUT2D eigenvalue weighted by Crippen LogP contribution is -2.07. The Labute approximate surface area is 73.6 Å². The van der Waals surface area contributed by atoms with E-state index in [1.165, 1.54) is 0 Å². The Bertz CT molecular complexity index is 221. The summed E-state index contributed by atoms with van der Waals surface area (Å²) in [5.74, 6) is 0.360. The minimum Gasteiger partial charge on any atom is -0.364 e. The first-order chi connectivity index (χ1) is 5.75. The normalized spacial score (nSPS) is 13.3. The number of hydrogen-bond donors (Lipinski definition) is 0. The van der Waals surface area contributed by atoms with Gasteiger partial charge < -0.3 is 4.74 Å². The largest absolute Gasteiger partial charge is 0.364 e. The van der Waals surface area contributed by atoms with Crippen LogP contribution >= 0.6 is 0 Å². The Morgan fingerprint density at radius 1 is 1.50 bits per heavy atom. The van der Waals surface area contributed by atoms with Gasteiger partial charge in [0, 0.05) is 12.4 Å². The van der Waals surface area contributed by atoms with Gasteiger partial charge in [-0.1, -0.05) is 19.9 Å². The molecule has 0 fully saturated rings. The summed E-state index contributed by atoms with van der Waals surface area (Å²) in [5, 5.41) is 0. The highest BCUT2D eigenvalue weighted by atomic mass is 16.5. The standard InChI is InChI=1S/C10H13NO/c1-8(2)10(12-3)9-5-4-6-11-7-9/h3-8,10H,1-2H3. The van der Waals surface area contributed by atoms with Gasteiger partial charge in [0.1, 0.15) is 7.11 Å². The van der Waals surface area contributed by atoms with E-state index < -0.39 is 0 Å². The first-order valence-corrected chi connectivity index (χ1v) is 4.01. The van der Waals surface area contributed by atoms with Gasteiger partial charge in [0.25, 0.3) is 0 Å². The zero-order valence-corrected chi connectivity index (χ0v) is 7.40. The van der Waals surface area contributed by atoms with E-state index >= 15 is 0 Å². The van der Waals surface area contributed by atoms with Gasteiger partial charge in [-0.25, -0.2) is 0 Å². The quantitative estimate of drug-likeness (QED) is 0.682. The molecule has 0 aliphatic carbocycles. The minimum atomic E-state index is -0.0568. The van der Waals surface area contributed by atoms with Crippen LogP contribution in [0.15, 0.2) is 24.5 Å². The highest BCUT2D eigenvalue weighted by Gasteiger charge is 2.14. The second kappa shape index (κ2) is 4.21. The van der Waals surface area contributed by atoms with Crippen molar-refractivity contribution in [2.75, 3.05) is 0 Å². The van der Waals surface area contributed by atoms with Gasteiger partial charge in [-0.2, -0.15) is 0 Å². The number of hydrogen-bond acceptors (Lipinski definition) is 2. The molecule has 0 spiro atoms. The summed E-state index contributed by atoms with van der Waals surface area (Å²) in [7, 11) is 5.18. The van der Waals surface area contributed by atoms with Gasteiger partial charge in [-0.15, -0.1) is 0 Å². The SMILES string of the molecule is [CH]OC(c1cccnc1)C(C)C. The third-order valence-corrected chi connectivity index (χ3v) is 1.77. The van der Waals surface area contributed by atoms with Crippen molar-refractivity contribution in [3.8, 4) is 0 Å². The predicted octanol–water partition coefficient (Wildman–Crippen LogP) is 2.46. The van der Waals surface area contributed by atoms with Gasteiger partial charge in [0.05, 0.1) is 6.10 Å². The van der Waals surface area contributed by atoms with Crippen molar-refractivity contribution < 1.29 is 4.74 Å². The minimum absolute atomic E-state index is 0.0568. The van der Waals surface area contributed by atoms with Crippen molar-refractivity contribution in [1.29, 1.82) is 0 Å². The van der Waals surface area contributed by atoms with Gasteiger partial charge in [0.2, 0.25) is 0 Å². The fraction of sp³-hybridized carbons (Fsp3) is 0.400. The van der Waals surface area contributed by atoms with Crippen LogP contribution in [0.2, 0.25) is 0 Å². The molecular formula is C10H13NO. The van der Waals surface area contributed by atoms with Gasteiger partial charge in [-0.05, 0) is 17.5 Å². The van der Waals surface area contributed by atoms with Crippen LogP contribution in [0.4, 0.5) is 0 Å². The third-order valence-electron chi connectivity index (χ3n) is 1.77. The molecule has 0 saturated heterocycles. The van der Waals surface area contributed by atoms with Crippen molar-refractivity contribution >= 4 is 0 Å². The molecule has 64 valence electrons. The number of ether oxygens (including phenoxy) is 1. The Morgan fingerprint density at radius 3 is 2.67 bits per heavy atom. The Morgan fingerprint density at radius 2 is 2.25 bits per heavy atom. The van der Waals surface area contributed by atoms with E-state index in [1.54, 1.807) is 12.4 Å². The van der Waals surface area contributed by atoms with Crippen molar-refractivity contribution in [3.63, 3.8) is 0 Å². The van der Waals surface area contributed by atoms with Gasteiger partial charge >= 0.3 is 0 Å². The van der Waals surface area contributed by atoms with E-state index in [-0.39, 0.29) is 6.10 Å². The van der Waals surface area contributed by atoms with E-state index in [4.69, 9.17) is 11.8 Å². The molecule has 0 bridgehead atoms. The van der Waals surface area contributed by atoms with Crippen LogP contribution in [0, 0.1) is 13.0 Å². The lowest BCUT2D eigenvalue weighted by Gasteiger charge is -2.18. The monoisotopic (exact) mass is 163 g/mol. The molecule has 0 aliphatic rings. The summed E-state index contributed by atoms with van der Waals surface area (Å²) in [6.07, 6.45) is 3.45. The van der Waals surface area contributed by atoms with Crippen molar-refractivity contribution in [2.45, 2.75) is 20.0 Å². The lowest BCUT2D eigenvalue weighted by atomic mass is 10.0. The van der Waals surface area contributed by atoms with E-state index in [9.17, 15) is 0 Å². The molecule has 0 saturated carbocycles. The molecule has 1 unspecified atom stereocenters. The summed E-state index contributed by atoms with van der Waals surface area (Å²) >= 11 is 0. The molecule has 12 heavy (non-hydrogen) atoms. The first-order valence-electron chi connectivity index (χ1n) is 4.01. The molecule has 0 N–H and O–H groups in total. The average Bonchev–Trinajstić information content (AvgIpc) is 2.07. The fourth-order valence-electron chi connectivity index (χ4n) is 1.16. The van der Waals surface area contributed by atoms with Crippen molar-refractivity contribution in [1.82, 2.24) is 4.98 Å². The Hall–Kier alpha value is -0.890. The van der Waals surface area contributed by atoms with Crippen molar-refractivity contribution in [3.05, 3.63) is 37.2 Å². The van der Waals surface area contributed by atoms with Gasteiger partial charge in [-0.3, -0.25) is 4.98 Å². The highest BCUT2D eigenvalue weighted by Crippen LogP contribution is 2.23. The summed E-state index contributed by atoms with van der Waals surface area (Å²) < 4.78 is 4.86. The summed E-state index contributed by atoms with van der Waals surface area (Å²) in [4.78, 5) is 4.00. The van der Waals surface area contributed by atoms with Crippen LogP contribution < -0.4 is 0 Å². The maximum absolute atomic E-state index is 5.18. The number of aromatic nitrogens is 1. The van der Waals surface area contributed by atoms with Crippen LogP contribution in [-0.4, -0.2) is 4.98 Å². The molecule has 1 atom stereocenters. The smallest absolute Gasteiger partial charge is 0.116 e. The number of nitrogens with zero attached hydrogens (tertiary/aromatic N) is 1. The van der Waals surface area contributed by atoms with Crippen LogP contribution in [0.3, 0.4) is 0 Å². The maximum Gasteiger partial charge on any atom is 0.116 e.